The number of aromatic amines is 1. The second-order valence-corrected chi connectivity index (χ2v) is 4.13. The standard InChI is InChI=1S/C15H15N3O2/c1-12-14(10-17-18-12)8-5-9-16-15(19)20-11-13-6-3-2-4-7-13/h2-4,6-7,10H,9,11H2,1H3,(H,16,19)(H,17,18). The van der Waals surface area contributed by atoms with Crippen molar-refractivity contribution in [2.24, 2.45) is 0 Å². The molecule has 0 aliphatic carbocycles. The topological polar surface area (TPSA) is 67.0 Å². The number of ether oxygens (including phenoxy) is 1. The first-order valence-corrected chi connectivity index (χ1v) is 6.19. The van der Waals surface area contributed by atoms with Gasteiger partial charge in [-0.1, -0.05) is 42.2 Å². The van der Waals surface area contributed by atoms with E-state index in [1.165, 1.54) is 0 Å². The molecule has 0 saturated carbocycles. The Morgan fingerprint density at radius 1 is 1.40 bits per heavy atom. The van der Waals surface area contributed by atoms with Crippen molar-refractivity contribution in [3.05, 3.63) is 53.3 Å². The van der Waals surface area contributed by atoms with Crippen LogP contribution in [0.2, 0.25) is 0 Å². The minimum atomic E-state index is -0.480. The predicted octanol–water partition coefficient (Wildman–Crippen LogP) is 2.00. The molecule has 0 aliphatic heterocycles. The molecule has 1 aromatic heterocycles. The average Bonchev–Trinajstić information content (AvgIpc) is 2.88. The van der Waals surface area contributed by atoms with Crippen LogP contribution in [-0.4, -0.2) is 22.8 Å². The van der Waals surface area contributed by atoms with Crippen LogP contribution in [0.5, 0.6) is 0 Å². The van der Waals surface area contributed by atoms with Gasteiger partial charge in [-0.15, -0.1) is 0 Å². The Morgan fingerprint density at radius 2 is 2.20 bits per heavy atom. The summed E-state index contributed by atoms with van der Waals surface area (Å²) in [5.41, 5.74) is 2.68. The van der Waals surface area contributed by atoms with Gasteiger partial charge in [0, 0.05) is 5.69 Å². The molecule has 0 fully saturated rings. The van der Waals surface area contributed by atoms with Crippen molar-refractivity contribution in [3.63, 3.8) is 0 Å². The Bertz CT molecular complexity index is 623. The summed E-state index contributed by atoms with van der Waals surface area (Å²) in [5, 5.41) is 9.22. The van der Waals surface area contributed by atoms with Gasteiger partial charge in [-0.05, 0) is 12.5 Å². The average molecular weight is 269 g/mol. The number of alkyl carbamates (subject to hydrolysis) is 1. The van der Waals surface area contributed by atoms with Crippen LogP contribution in [0.1, 0.15) is 16.8 Å². The highest BCUT2D eigenvalue weighted by Gasteiger charge is 2.00. The predicted molar refractivity (Wildman–Crippen MR) is 74.8 cm³/mol. The van der Waals surface area contributed by atoms with Crippen LogP contribution in [0.15, 0.2) is 36.5 Å². The Kier molecular flexibility index (Phi) is 4.79. The molecule has 2 aromatic rings. The first kappa shape index (κ1) is 13.7. The number of carbonyl (C=O) groups excluding carboxylic acids is 1. The second-order valence-electron chi connectivity index (χ2n) is 4.13. The molecule has 1 heterocycles. The van der Waals surface area contributed by atoms with E-state index in [1.54, 1.807) is 6.20 Å². The van der Waals surface area contributed by atoms with Gasteiger partial charge in [0.2, 0.25) is 0 Å². The number of nitrogens with zero attached hydrogens (tertiary/aromatic N) is 1. The van der Waals surface area contributed by atoms with E-state index in [4.69, 9.17) is 4.74 Å². The van der Waals surface area contributed by atoms with Gasteiger partial charge in [-0.25, -0.2) is 4.79 Å². The van der Waals surface area contributed by atoms with Gasteiger partial charge >= 0.3 is 6.09 Å². The van der Waals surface area contributed by atoms with E-state index in [0.29, 0.717) is 0 Å². The molecule has 20 heavy (non-hydrogen) atoms. The van der Waals surface area contributed by atoms with Crippen molar-refractivity contribution in [3.8, 4) is 11.8 Å². The quantitative estimate of drug-likeness (QED) is 0.837. The van der Waals surface area contributed by atoms with Crippen LogP contribution < -0.4 is 5.32 Å². The van der Waals surface area contributed by atoms with Gasteiger partial charge in [0.25, 0.3) is 0 Å². The van der Waals surface area contributed by atoms with E-state index in [9.17, 15) is 4.79 Å². The number of hydrogen-bond donors (Lipinski definition) is 2. The Morgan fingerprint density at radius 3 is 2.90 bits per heavy atom. The summed E-state index contributed by atoms with van der Waals surface area (Å²) < 4.78 is 5.05. The smallest absolute Gasteiger partial charge is 0.408 e. The number of aryl methyl sites for hydroxylation is 1. The first-order valence-electron chi connectivity index (χ1n) is 6.19. The van der Waals surface area contributed by atoms with Gasteiger partial charge < -0.3 is 10.1 Å². The fraction of sp³-hybridized carbons (Fsp3) is 0.200. The molecular formula is C15H15N3O2. The summed E-state index contributed by atoms with van der Waals surface area (Å²) in [4.78, 5) is 11.4. The molecule has 0 saturated heterocycles. The number of H-pyrrole nitrogens is 1. The molecule has 5 nitrogen and oxygen atoms in total. The lowest BCUT2D eigenvalue weighted by Gasteiger charge is -2.04. The summed E-state index contributed by atoms with van der Waals surface area (Å²) in [6, 6.07) is 9.51. The molecule has 0 spiro atoms. The Hall–Kier alpha value is -2.74. The molecule has 0 unspecified atom stereocenters. The molecule has 2 N–H and O–H groups in total. The molecule has 0 atom stereocenters. The Balaban J connectivity index is 1.71. The molecule has 5 heteroatoms. The van der Waals surface area contributed by atoms with Gasteiger partial charge in [-0.2, -0.15) is 5.10 Å². The zero-order valence-corrected chi connectivity index (χ0v) is 11.1. The van der Waals surface area contributed by atoms with Crippen LogP contribution in [0.25, 0.3) is 0 Å². The molecule has 102 valence electrons. The highest BCUT2D eigenvalue weighted by atomic mass is 16.5. The lowest BCUT2D eigenvalue weighted by Crippen LogP contribution is -2.24. The molecule has 0 aliphatic rings. The third kappa shape index (κ3) is 4.18. The highest BCUT2D eigenvalue weighted by molar-refractivity contribution is 5.67. The van der Waals surface area contributed by atoms with Crippen LogP contribution in [0.3, 0.4) is 0 Å². The van der Waals surface area contributed by atoms with Crippen LogP contribution in [0, 0.1) is 18.8 Å². The summed E-state index contributed by atoms with van der Waals surface area (Å²) in [6.07, 6.45) is 1.17. The van der Waals surface area contributed by atoms with E-state index < -0.39 is 6.09 Å². The minimum absolute atomic E-state index is 0.234. The third-order valence-corrected chi connectivity index (χ3v) is 2.59. The SMILES string of the molecule is Cc1[nH]ncc1C#CCNC(=O)OCc1ccccc1. The lowest BCUT2D eigenvalue weighted by molar-refractivity contribution is 0.141. The maximum absolute atomic E-state index is 11.4. The lowest BCUT2D eigenvalue weighted by atomic mass is 10.2. The fourth-order valence-electron chi connectivity index (χ4n) is 1.51. The van der Waals surface area contributed by atoms with Crippen LogP contribution in [0.4, 0.5) is 4.79 Å². The number of carbonyl (C=O) groups is 1. The molecular weight excluding hydrogens is 254 g/mol. The molecule has 1 amide bonds. The van der Waals surface area contributed by atoms with Crippen molar-refractivity contribution in [2.45, 2.75) is 13.5 Å². The number of rotatable bonds is 3. The fourth-order valence-corrected chi connectivity index (χ4v) is 1.51. The molecule has 0 radical (unpaired) electrons. The molecule has 1 aromatic carbocycles. The monoisotopic (exact) mass is 269 g/mol. The Labute approximate surface area is 117 Å². The van der Waals surface area contributed by atoms with Gasteiger partial charge in [0.05, 0.1) is 18.3 Å². The van der Waals surface area contributed by atoms with Crippen molar-refractivity contribution >= 4 is 6.09 Å². The van der Waals surface area contributed by atoms with E-state index >= 15 is 0 Å². The van der Waals surface area contributed by atoms with E-state index in [2.05, 4.69) is 27.4 Å². The summed E-state index contributed by atoms with van der Waals surface area (Å²) >= 11 is 0. The van der Waals surface area contributed by atoms with E-state index in [1.807, 2.05) is 37.3 Å². The van der Waals surface area contributed by atoms with E-state index in [-0.39, 0.29) is 13.2 Å². The van der Waals surface area contributed by atoms with Crippen LogP contribution in [-0.2, 0) is 11.3 Å². The summed E-state index contributed by atoms with van der Waals surface area (Å²) in [5.74, 6) is 5.74. The van der Waals surface area contributed by atoms with Crippen molar-refractivity contribution in [2.75, 3.05) is 6.54 Å². The first-order chi connectivity index (χ1) is 9.75. The zero-order valence-electron chi connectivity index (χ0n) is 11.1. The minimum Gasteiger partial charge on any atom is -0.445 e. The normalized spacial score (nSPS) is 9.45. The summed E-state index contributed by atoms with van der Waals surface area (Å²) in [6.45, 7) is 2.37. The zero-order chi connectivity index (χ0) is 14.2. The molecule has 0 bridgehead atoms. The number of amides is 1. The van der Waals surface area contributed by atoms with Gasteiger partial charge in [0.15, 0.2) is 0 Å². The number of hydrogen-bond acceptors (Lipinski definition) is 3. The number of nitrogens with one attached hydrogen (secondary N) is 2. The van der Waals surface area contributed by atoms with Gasteiger partial charge in [0.1, 0.15) is 6.61 Å². The van der Waals surface area contributed by atoms with Crippen molar-refractivity contribution in [1.82, 2.24) is 15.5 Å². The van der Waals surface area contributed by atoms with Crippen molar-refractivity contribution in [1.29, 1.82) is 0 Å². The molecule has 2 rings (SSSR count). The number of aromatic nitrogens is 2. The maximum Gasteiger partial charge on any atom is 0.408 e. The second kappa shape index (κ2) is 7.00. The van der Waals surface area contributed by atoms with E-state index in [0.717, 1.165) is 16.8 Å². The number of benzene rings is 1. The van der Waals surface area contributed by atoms with Crippen molar-refractivity contribution < 1.29 is 9.53 Å². The largest absolute Gasteiger partial charge is 0.445 e. The maximum atomic E-state index is 11.4. The van der Waals surface area contributed by atoms with Crippen LogP contribution >= 0.6 is 0 Å². The summed E-state index contributed by atoms with van der Waals surface area (Å²) in [7, 11) is 0. The highest BCUT2D eigenvalue weighted by Crippen LogP contribution is 2.00. The van der Waals surface area contributed by atoms with Gasteiger partial charge in [-0.3, -0.25) is 5.10 Å². The third-order valence-electron chi connectivity index (χ3n) is 2.59.